The molecule has 6 nitrogen and oxygen atoms in total. The lowest BCUT2D eigenvalue weighted by atomic mass is 9.95. The van der Waals surface area contributed by atoms with Gasteiger partial charge in [0, 0.05) is 23.6 Å². The monoisotopic (exact) mass is 409 g/mol. The van der Waals surface area contributed by atoms with Gasteiger partial charge in [0.15, 0.2) is 11.5 Å². The summed E-state index contributed by atoms with van der Waals surface area (Å²) < 4.78 is 5.40. The van der Waals surface area contributed by atoms with Crippen LogP contribution in [-0.4, -0.2) is 24.0 Å². The van der Waals surface area contributed by atoms with E-state index < -0.39 is 0 Å². The minimum atomic E-state index is -0.382. The molecule has 0 fully saturated rings. The predicted molar refractivity (Wildman–Crippen MR) is 114 cm³/mol. The molecule has 1 aliphatic rings. The molecule has 3 aromatic rings. The Labute approximate surface area is 173 Å². The smallest absolute Gasteiger partial charge is 0.278 e. The van der Waals surface area contributed by atoms with Crippen molar-refractivity contribution >= 4 is 28.2 Å². The molecule has 2 N–H and O–H groups in total. The number of benzene rings is 1. The molecule has 2 aromatic heterocycles. The second-order valence-electron chi connectivity index (χ2n) is 7.32. The summed E-state index contributed by atoms with van der Waals surface area (Å²) in [5.74, 6) is -0.0153. The number of carbonyl (C=O) groups excluding carboxylic acids is 2. The maximum atomic E-state index is 12.8. The molecule has 0 atom stereocenters. The summed E-state index contributed by atoms with van der Waals surface area (Å²) >= 11 is 1.48. The summed E-state index contributed by atoms with van der Waals surface area (Å²) in [6.45, 7) is 4.07. The predicted octanol–water partition coefficient (Wildman–Crippen LogP) is 4.51. The van der Waals surface area contributed by atoms with Crippen molar-refractivity contribution in [3.05, 3.63) is 57.1 Å². The van der Waals surface area contributed by atoms with Crippen LogP contribution in [0, 0.1) is 13.8 Å². The molecular formula is C22H23N3O3S. The molecule has 7 heteroatoms. The van der Waals surface area contributed by atoms with Crippen LogP contribution in [0.3, 0.4) is 0 Å². The van der Waals surface area contributed by atoms with Crippen molar-refractivity contribution in [1.29, 1.82) is 0 Å². The van der Waals surface area contributed by atoms with Gasteiger partial charge in [0.05, 0.1) is 5.56 Å². The van der Waals surface area contributed by atoms with E-state index in [0.717, 1.165) is 42.4 Å². The van der Waals surface area contributed by atoms with Crippen LogP contribution in [0.25, 0.3) is 11.3 Å². The first-order chi connectivity index (χ1) is 14.0. The number of aryl methyl sites for hydroxylation is 3. The Kier molecular flexibility index (Phi) is 5.24. The second kappa shape index (κ2) is 7.83. The third kappa shape index (κ3) is 3.70. The van der Waals surface area contributed by atoms with Gasteiger partial charge in [-0.2, -0.15) is 0 Å². The first kappa shape index (κ1) is 19.4. The molecule has 1 aliphatic carbocycles. The molecule has 2 amide bonds. The molecule has 1 aromatic carbocycles. The molecule has 0 radical (unpaired) electrons. The van der Waals surface area contributed by atoms with E-state index in [1.54, 1.807) is 13.1 Å². The normalized spacial score (nSPS) is 13.1. The average Bonchev–Trinajstić information content (AvgIpc) is 3.34. The van der Waals surface area contributed by atoms with Gasteiger partial charge >= 0.3 is 0 Å². The van der Waals surface area contributed by atoms with E-state index in [4.69, 9.17) is 4.52 Å². The van der Waals surface area contributed by atoms with Crippen molar-refractivity contribution in [2.75, 3.05) is 12.4 Å². The number of hydrogen-bond acceptors (Lipinski definition) is 5. The first-order valence-electron chi connectivity index (χ1n) is 9.70. The zero-order valence-electron chi connectivity index (χ0n) is 16.7. The quantitative estimate of drug-likeness (QED) is 0.664. The Bertz CT molecular complexity index is 1100. The van der Waals surface area contributed by atoms with E-state index in [9.17, 15) is 9.59 Å². The van der Waals surface area contributed by atoms with Crippen molar-refractivity contribution < 1.29 is 14.1 Å². The van der Waals surface area contributed by atoms with Crippen LogP contribution >= 0.6 is 11.3 Å². The molecule has 0 bridgehead atoms. The summed E-state index contributed by atoms with van der Waals surface area (Å²) in [6, 6.07) is 7.60. The summed E-state index contributed by atoms with van der Waals surface area (Å²) in [5, 5.41) is 10.1. The van der Waals surface area contributed by atoms with Gasteiger partial charge in [-0.05, 0) is 62.3 Å². The number of hydrogen-bond donors (Lipinski definition) is 2. The summed E-state index contributed by atoms with van der Waals surface area (Å²) in [5.41, 5.74) is 5.04. The SMILES string of the molecule is CNC(=O)c1c(NC(=O)c2cc(-c3ccc(C)c(C)c3)on2)sc2c1CCCC2. The fraction of sp³-hybridized carbons (Fsp3) is 0.318. The lowest BCUT2D eigenvalue weighted by Crippen LogP contribution is -2.22. The van der Waals surface area contributed by atoms with Crippen molar-refractivity contribution in [2.45, 2.75) is 39.5 Å². The summed E-state index contributed by atoms with van der Waals surface area (Å²) in [4.78, 5) is 26.4. The fourth-order valence-corrected chi connectivity index (χ4v) is 4.88. The molecule has 0 spiro atoms. The molecule has 0 saturated heterocycles. The molecular weight excluding hydrogens is 386 g/mol. The molecule has 0 aliphatic heterocycles. The number of anilines is 1. The zero-order chi connectivity index (χ0) is 20.5. The van der Waals surface area contributed by atoms with Gasteiger partial charge in [0.1, 0.15) is 5.00 Å². The second-order valence-corrected chi connectivity index (χ2v) is 8.43. The van der Waals surface area contributed by atoms with E-state index in [1.165, 1.54) is 21.8 Å². The Morgan fingerprint density at radius 2 is 1.86 bits per heavy atom. The van der Waals surface area contributed by atoms with Gasteiger partial charge in [-0.3, -0.25) is 9.59 Å². The highest BCUT2D eigenvalue weighted by molar-refractivity contribution is 7.17. The zero-order valence-corrected chi connectivity index (χ0v) is 17.5. The van der Waals surface area contributed by atoms with Crippen molar-refractivity contribution in [3.63, 3.8) is 0 Å². The van der Waals surface area contributed by atoms with Crippen molar-refractivity contribution in [3.8, 4) is 11.3 Å². The highest BCUT2D eigenvalue weighted by Gasteiger charge is 2.26. The summed E-state index contributed by atoms with van der Waals surface area (Å²) in [7, 11) is 1.61. The van der Waals surface area contributed by atoms with Crippen LogP contribution in [0.4, 0.5) is 5.00 Å². The minimum absolute atomic E-state index is 0.171. The van der Waals surface area contributed by atoms with Gasteiger partial charge in [0.25, 0.3) is 11.8 Å². The maximum Gasteiger partial charge on any atom is 0.278 e. The third-order valence-electron chi connectivity index (χ3n) is 5.39. The molecule has 29 heavy (non-hydrogen) atoms. The van der Waals surface area contributed by atoms with E-state index in [2.05, 4.69) is 15.8 Å². The standard InChI is InChI=1S/C22H23N3O3S/c1-12-8-9-14(10-13(12)2)17-11-16(25-28-17)20(26)24-22-19(21(27)23-3)15-6-4-5-7-18(15)29-22/h8-11H,4-7H2,1-3H3,(H,23,27)(H,24,26). The Morgan fingerprint density at radius 1 is 1.07 bits per heavy atom. The molecule has 0 unspecified atom stereocenters. The van der Waals surface area contributed by atoms with E-state index in [0.29, 0.717) is 16.3 Å². The van der Waals surface area contributed by atoms with Gasteiger partial charge in [0.2, 0.25) is 0 Å². The lowest BCUT2D eigenvalue weighted by Gasteiger charge is -2.12. The number of nitrogens with zero attached hydrogens (tertiary/aromatic N) is 1. The summed E-state index contributed by atoms with van der Waals surface area (Å²) in [6.07, 6.45) is 3.98. The number of amides is 2. The largest absolute Gasteiger partial charge is 0.355 e. The van der Waals surface area contributed by atoms with Crippen LogP contribution in [0.2, 0.25) is 0 Å². The fourth-order valence-electron chi connectivity index (χ4n) is 3.60. The minimum Gasteiger partial charge on any atom is -0.355 e. The Balaban J connectivity index is 1.60. The molecule has 2 heterocycles. The van der Waals surface area contributed by atoms with Crippen LogP contribution in [0.5, 0.6) is 0 Å². The van der Waals surface area contributed by atoms with E-state index in [-0.39, 0.29) is 17.5 Å². The van der Waals surface area contributed by atoms with Crippen LogP contribution in [-0.2, 0) is 12.8 Å². The lowest BCUT2D eigenvalue weighted by molar-refractivity contribution is 0.0963. The number of carbonyl (C=O) groups is 2. The highest BCUT2D eigenvalue weighted by atomic mass is 32.1. The molecule has 4 rings (SSSR count). The van der Waals surface area contributed by atoms with Crippen molar-refractivity contribution in [1.82, 2.24) is 10.5 Å². The topological polar surface area (TPSA) is 84.2 Å². The highest BCUT2D eigenvalue weighted by Crippen LogP contribution is 2.38. The molecule has 0 saturated carbocycles. The molecule has 150 valence electrons. The van der Waals surface area contributed by atoms with E-state index >= 15 is 0 Å². The van der Waals surface area contributed by atoms with E-state index in [1.807, 2.05) is 32.0 Å². The number of nitrogens with one attached hydrogen (secondary N) is 2. The first-order valence-corrected chi connectivity index (χ1v) is 10.5. The Hall–Kier alpha value is -2.93. The van der Waals surface area contributed by atoms with Crippen LogP contribution < -0.4 is 10.6 Å². The number of fused-ring (bicyclic) bond motifs is 1. The number of rotatable bonds is 4. The van der Waals surface area contributed by atoms with Gasteiger partial charge in [-0.1, -0.05) is 17.3 Å². The van der Waals surface area contributed by atoms with Gasteiger partial charge < -0.3 is 15.2 Å². The number of thiophene rings is 1. The van der Waals surface area contributed by atoms with Gasteiger partial charge in [-0.25, -0.2) is 0 Å². The van der Waals surface area contributed by atoms with Crippen LogP contribution in [0.15, 0.2) is 28.8 Å². The van der Waals surface area contributed by atoms with Crippen molar-refractivity contribution in [2.24, 2.45) is 0 Å². The third-order valence-corrected chi connectivity index (χ3v) is 6.59. The Morgan fingerprint density at radius 3 is 2.62 bits per heavy atom. The maximum absolute atomic E-state index is 12.8. The average molecular weight is 410 g/mol. The van der Waals surface area contributed by atoms with Crippen LogP contribution in [0.1, 0.15) is 55.3 Å². The van der Waals surface area contributed by atoms with Gasteiger partial charge in [-0.15, -0.1) is 11.3 Å². The number of aromatic nitrogens is 1.